The molecule has 2 aromatic carbocycles. The predicted molar refractivity (Wildman–Crippen MR) is 88.5 cm³/mol. The molecule has 0 aromatic heterocycles. The third-order valence-electron chi connectivity index (χ3n) is 2.73. The molecule has 23 heavy (non-hydrogen) atoms. The molecular formula is C15H11ClFN3O2S. The van der Waals surface area contributed by atoms with E-state index in [-0.39, 0.29) is 10.7 Å². The third-order valence-corrected chi connectivity index (χ3v) is 3.19. The van der Waals surface area contributed by atoms with Gasteiger partial charge in [-0.1, -0.05) is 11.6 Å². The van der Waals surface area contributed by atoms with Crippen LogP contribution in [0.3, 0.4) is 0 Å². The summed E-state index contributed by atoms with van der Waals surface area (Å²) in [6, 6.07) is 11.2. The maximum atomic E-state index is 12.8. The smallest absolute Gasteiger partial charge is 0.269 e. The van der Waals surface area contributed by atoms with Crippen LogP contribution in [0.5, 0.6) is 0 Å². The van der Waals surface area contributed by atoms with Crippen molar-refractivity contribution in [3.8, 4) is 0 Å². The highest BCUT2D eigenvalue weighted by atomic mass is 35.5. The molecule has 0 unspecified atom stereocenters. The Kier molecular flexibility index (Phi) is 5.61. The fourth-order valence-corrected chi connectivity index (χ4v) is 1.86. The highest BCUT2D eigenvalue weighted by Gasteiger charge is 2.09. The van der Waals surface area contributed by atoms with Crippen molar-refractivity contribution in [1.82, 2.24) is 16.2 Å². The molecule has 2 rings (SSSR count). The second-order valence-electron chi connectivity index (χ2n) is 4.38. The molecule has 0 atom stereocenters. The van der Waals surface area contributed by atoms with Crippen molar-refractivity contribution in [2.45, 2.75) is 0 Å². The zero-order valence-electron chi connectivity index (χ0n) is 11.6. The van der Waals surface area contributed by atoms with Crippen molar-refractivity contribution in [2.75, 3.05) is 0 Å². The second kappa shape index (κ2) is 7.66. The standard InChI is InChI=1S/C15H11ClFN3O2S/c16-11-5-1-10(2-6-11)14(22)19-20-15(23)18-13(21)9-3-7-12(17)8-4-9/h1-8H,(H,19,22)(H2,18,20,21,23). The van der Waals surface area contributed by atoms with Crippen molar-refractivity contribution in [1.29, 1.82) is 0 Å². The molecule has 0 spiro atoms. The number of hydrogen-bond acceptors (Lipinski definition) is 3. The summed E-state index contributed by atoms with van der Waals surface area (Å²) in [6.45, 7) is 0. The number of amides is 2. The number of carbonyl (C=O) groups is 2. The van der Waals surface area contributed by atoms with Crippen LogP contribution in [0.15, 0.2) is 48.5 Å². The van der Waals surface area contributed by atoms with Gasteiger partial charge in [0.15, 0.2) is 5.11 Å². The topological polar surface area (TPSA) is 70.2 Å². The number of hydrazine groups is 1. The lowest BCUT2D eigenvalue weighted by atomic mass is 10.2. The number of nitrogens with one attached hydrogen (secondary N) is 3. The first kappa shape index (κ1) is 16.9. The monoisotopic (exact) mass is 351 g/mol. The Bertz CT molecular complexity index is 735. The number of thiocarbonyl (C=S) groups is 1. The summed E-state index contributed by atoms with van der Waals surface area (Å²) >= 11 is 10.6. The quantitative estimate of drug-likeness (QED) is 0.574. The minimum atomic E-state index is -0.525. The van der Waals surface area contributed by atoms with Crippen LogP contribution in [0.4, 0.5) is 4.39 Å². The summed E-state index contributed by atoms with van der Waals surface area (Å²) in [6.07, 6.45) is 0. The molecule has 0 aliphatic carbocycles. The van der Waals surface area contributed by atoms with E-state index in [9.17, 15) is 14.0 Å². The molecule has 0 aliphatic heterocycles. The molecule has 0 saturated carbocycles. The third kappa shape index (κ3) is 5.01. The summed E-state index contributed by atoms with van der Waals surface area (Å²) in [5.74, 6) is -1.42. The van der Waals surface area contributed by atoms with Gasteiger partial charge < -0.3 is 0 Å². The molecule has 0 heterocycles. The Morgan fingerprint density at radius 1 is 0.870 bits per heavy atom. The van der Waals surface area contributed by atoms with E-state index >= 15 is 0 Å². The molecule has 0 fully saturated rings. The Hall–Kier alpha value is -2.51. The van der Waals surface area contributed by atoms with E-state index in [0.29, 0.717) is 10.6 Å². The average molecular weight is 352 g/mol. The first-order valence-corrected chi connectivity index (χ1v) is 7.17. The minimum absolute atomic E-state index is 0.0957. The van der Waals surface area contributed by atoms with Gasteiger partial charge in [0.1, 0.15) is 5.82 Å². The maximum Gasteiger partial charge on any atom is 0.269 e. The first-order valence-electron chi connectivity index (χ1n) is 6.38. The largest absolute Gasteiger partial charge is 0.298 e. The van der Waals surface area contributed by atoms with E-state index < -0.39 is 17.6 Å². The maximum absolute atomic E-state index is 12.8. The van der Waals surface area contributed by atoms with Crippen molar-refractivity contribution in [2.24, 2.45) is 0 Å². The molecular weight excluding hydrogens is 341 g/mol. The summed E-state index contributed by atoms with van der Waals surface area (Å²) in [5.41, 5.74) is 5.34. The number of hydrogen-bond donors (Lipinski definition) is 3. The minimum Gasteiger partial charge on any atom is -0.298 e. The van der Waals surface area contributed by atoms with E-state index in [4.69, 9.17) is 23.8 Å². The number of carbonyl (C=O) groups excluding carboxylic acids is 2. The van der Waals surface area contributed by atoms with Crippen molar-refractivity contribution >= 4 is 40.7 Å². The first-order chi connectivity index (χ1) is 11.0. The van der Waals surface area contributed by atoms with Crippen LogP contribution in [0.2, 0.25) is 5.02 Å². The lowest BCUT2D eigenvalue weighted by Crippen LogP contribution is -2.48. The number of benzene rings is 2. The fourth-order valence-electron chi connectivity index (χ4n) is 1.59. The Balaban J connectivity index is 1.85. The molecule has 5 nitrogen and oxygen atoms in total. The van der Waals surface area contributed by atoms with Gasteiger partial charge >= 0.3 is 0 Å². The molecule has 0 bridgehead atoms. The summed E-state index contributed by atoms with van der Waals surface area (Å²) in [4.78, 5) is 23.7. The van der Waals surface area contributed by atoms with Crippen molar-refractivity contribution in [3.63, 3.8) is 0 Å². The molecule has 2 amide bonds. The highest BCUT2D eigenvalue weighted by Crippen LogP contribution is 2.09. The second-order valence-corrected chi connectivity index (χ2v) is 5.22. The van der Waals surface area contributed by atoms with Gasteiger partial charge in [-0.15, -0.1) is 0 Å². The van der Waals surface area contributed by atoms with Crippen LogP contribution in [-0.2, 0) is 0 Å². The van der Waals surface area contributed by atoms with E-state index in [1.165, 1.54) is 12.1 Å². The van der Waals surface area contributed by atoms with Crippen LogP contribution in [0.25, 0.3) is 0 Å². The van der Waals surface area contributed by atoms with Gasteiger partial charge in [-0.25, -0.2) is 4.39 Å². The Morgan fingerprint density at radius 3 is 2.00 bits per heavy atom. The van der Waals surface area contributed by atoms with Crippen molar-refractivity contribution in [3.05, 3.63) is 70.5 Å². The molecule has 3 N–H and O–H groups in total. The number of halogens is 2. The van der Waals surface area contributed by atoms with Crippen LogP contribution in [-0.4, -0.2) is 16.9 Å². The highest BCUT2D eigenvalue weighted by molar-refractivity contribution is 7.80. The van der Waals surface area contributed by atoms with Gasteiger partial charge in [0.25, 0.3) is 11.8 Å². The lowest BCUT2D eigenvalue weighted by Gasteiger charge is -2.10. The van der Waals surface area contributed by atoms with Gasteiger partial charge in [-0.3, -0.25) is 25.8 Å². The van der Waals surface area contributed by atoms with Gasteiger partial charge in [0.05, 0.1) is 0 Å². The molecule has 0 aliphatic rings. The lowest BCUT2D eigenvalue weighted by molar-refractivity contribution is 0.0934. The van der Waals surface area contributed by atoms with Crippen molar-refractivity contribution < 1.29 is 14.0 Å². The van der Waals surface area contributed by atoms with Gasteiger partial charge in [0, 0.05) is 16.1 Å². The summed E-state index contributed by atoms with van der Waals surface area (Å²) < 4.78 is 12.8. The SMILES string of the molecule is O=C(NNC(=S)NC(=O)c1ccc(F)cc1)c1ccc(Cl)cc1. The van der Waals surface area contributed by atoms with E-state index in [1.54, 1.807) is 24.3 Å². The summed E-state index contributed by atoms with van der Waals surface area (Å²) in [7, 11) is 0. The van der Waals surface area contributed by atoms with Crippen LogP contribution >= 0.6 is 23.8 Å². The Morgan fingerprint density at radius 2 is 1.39 bits per heavy atom. The van der Waals surface area contributed by atoms with E-state index in [2.05, 4.69) is 16.2 Å². The number of rotatable bonds is 2. The van der Waals surface area contributed by atoms with Gasteiger partial charge in [0.2, 0.25) is 0 Å². The van der Waals surface area contributed by atoms with Gasteiger partial charge in [-0.05, 0) is 60.7 Å². The molecule has 8 heteroatoms. The Labute approximate surface area is 141 Å². The van der Waals surface area contributed by atoms with Crippen LogP contribution < -0.4 is 16.2 Å². The zero-order valence-corrected chi connectivity index (χ0v) is 13.2. The zero-order chi connectivity index (χ0) is 16.8. The predicted octanol–water partition coefficient (Wildman–Crippen LogP) is 2.43. The van der Waals surface area contributed by atoms with Gasteiger partial charge in [-0.2, -0.15) is 0 Å². The van der Waals surface area contributed by atoms with E-state index in [0.717, 1.165) is 12.1 Å². The van der Waals surface area contributed by atoms with E-state index in [1.807, 2.05) is 0 Å². The normalized spacial score (nSPS) is 9.83. The average Bonchev–Trinajstić information content (AvgIpc) is 2.54. The fraction of sp³-hybridized carbons (Fsp3) is 0. The molecule has 0 radical (unpaired) electrons. The van der Waals surface area contributed by atoms with Crippen LogP contribution in [0.1, 0.15) is 20.7 Å². The molecule has 2 aromatic rings. The van der Waals surface area contributed by atoms with Crippen LogP contribution in [0, 0.1) is 5.82 Å². The summed E-state index contributed by atoms with van der Waals surface area (Å²) in [5, 5.41) is 2.77. The molecule has 118 valence electrons. The molecule has 0 saturated heterocycles.